The van der Waals surface area contributed by atoms with E-state index in [9.17, 15) is 9.59 Å². The molecule has 0 atom stereocenters. The van der Waals surface area contributed by atoms with Gasteiger partial charge < -0.3 is 19.9 Å². The number of carboxylic acid groups (broad SMARTS) is 1. The van der Waals surface area contributed by atoms with E-state index in [0.29, 0.717) is 5.56 Å². The predicted molar refractivity (Wildman–Crippen MR) is 66.3 cm³/mol. The van der Waals surface area contributed by atoms with Gasteiger partial charge in [0.05, 0.1) is 13.7 Å². The number of aliphatic carboxylic acids is 1. The molecule has 0 unspecified atom stereocenters. The summed E-state index contributed by atoms with van der Waals surface area (Å²) in [5, 5.41) is 10.9. The number of hydrogen-bond acceptors (Lipinski definition) is 5. The fourth-order valence-electron chi connectivity index (χ4n) is 1.35. The van der Waals surface area contributed by atoms with Crippen LogP contribution in [0.1, 0.15) is 16.1 Å². The van der Waals surface area contributed by atoms with Crippen LogP contribution in [0, 0.1) is 6.92 Å². The Morgan fingerprint density at radius 1 is 1.42 bits per heavy atom. The molecule has 7 heteroatoms. The van der Waals surface area contributed by atoms with Gasteiger partial charge in [0.15, 0.2) is 0 Å². The topological polar surface area (TPSA) is 97.8 Å². The number of carbonyl (C=O) groups excluding carboxylic acids is 1. The number of rotatable bonds is 7. The Labute approximate surface area is 110 Å². The van der Waals surface area contributed by atoms with Crippen LogP contribution in [0.25, 0.3) is 0 Å². The van der Waals surface area contributed by atoms with E-state index in [4.69, 9.17) is 14.6 Å². The van der Waals surface area contributed by atoms with Crippen LogP contribution in [0.15, 0.2) is 12.1 Å². The van der Waals surface area contributed by atoms with Gasteiger partial charge in [-0.05, 0) is 19.1 Å². The lowest BCUT2D eigenvalue weighted by atomic mass is 10.2. The Morgan fingerprint density at radius 2 is 2.16 bits per heavy atom. The highest BCUT2D eigenvalue weighted by Crippen LogP contribution is 2.15. The molecule has 0 saturated carbocycles. The van der Waals surface area contributed by atoms with Gasteiger partial charge in [-0.1, -0.05) is 0 Å². The molecule has 0 aliphatic carbocycles. The van der Waals surface area contributed by atoms with Gasteiger partial charge in [-0.2, -0.15) is 0 Å². The highest BCUT2D eigenvalue weighted by atomic mass is 16.5. The van der Waals surface area contributed by atoms with Crippen molar-refractivity contribution in [3.8, 4) is 5.88 Å². The van der Waals surface area contributed by atoms with Crippen molar-refractivity contribution in [1.82, 2.24) is 10.3 Å². The molecule has 0 bridgehead atoms. The van der Waals surface area contributed by atoms with Crippen molar-refractivity contribution in [2.24, 2.45) is 0 Å². The number of nitrogens with zero attached hydrogens (tertiary/aromatic N) is 1. The molecule has 0 aliphatic heterocycles. The molecular formula is C12H16N2O5. The summed E-state index contributed by atoms with van der Waals surface area (Å²) < 4.78 is 9.82. The third kappa shape index (κ3) is 4.92. The molecule has 0 radical (unpaired) electrons. The lowest BCUT2D eigenvalue weighted by Gasteiger charge is -2.09. The second-order valence-corrected chi connectivity index (χ2v) is 3.71. The van der Waals surface area contributed by atoms with Gasteiger partial charge in [0.2, 0.25) is 5.88 Å². The van der Waals surface area contributed by atoms with Crippen molar-refractivity contribution in [2.75, 3.05) is 26.9 Å². The summed E-state index contributed by atoms with van der Waals surface area (Å²) in [5.74, 6) is -1.14. The minimum absolute atomic E-state index is 0.125. The largest absolute Gasteiger partial charge is 0.480 e. The number of ether oxygens (including phenoxy) is 2. The van der Waals surface area contributed by atoms with Crippen molar-refractivity contribution >= 4 is 11.9 Å². The lowest BCUT2D eigenvalue weighted by Crippen LogP contribution is -2.28. The van der Waals surface area contributed by atoms with Crippen molar-refractivity contribution in [3.63, 3.8) is 0 Å². The molecule has 1 amide bonds. The highest BCUT2D eigenvalue weighted by molar-refractivity contribution is 5.96. The monoisotopic (exact) mass is 268 g/mol. The van der Waals surface area contributed by atoms with Crippen LogP contribution < -0.4 is 10.1 Å². The van der Waals surface area contributed by atoms with E-state index in [1.54, 1.807) is 19.1 Å². The number of aromatic nitrogens is 1. The first kappa shape index (κ1) is 14.9. The predicted octanol–water partition coefficient (Wildman–Crippen LogP) is 0.230. The molecule has 0 saturated heterocycles. The van der Waals surface area contributed by atoms with E-state index in [-0.39, 0.29) is 31.5 Å². The maximum Gasteiger partial charge on any atom is 0.329 e. The van der Waals surface area contributed by atoms with E-state index in [0.717, 1.165) is 5.69 Å². The highest BCUT2D eigenvalue weighted by Gasteiger charge is 2.13. The molecule has 7 nitrogen and oxygen atoms in total. The summed E-state index contributed by atoms with van der Waals surface area (Å²) in [5.41, 5.74) is 1.07. The Balaban J connectivity index is 2.47. The lowest BCUT2D eigenvalue weighted by molar-refractivity contribution is -0.142. The third-order valence-electron chi connectivity index (χ3n) is 2.19. The Bertz CT molecular complexity index is 461. The Hall–Kier alpha value is -2.15. The minimum atomic E-state index is -1.05. The number of nitrogens with one attached hydrogen (secondary N) is 1. The zero-order valence-corrected chi connectivity index (χ0v) is 10.8. The first-order valence-corrected chi connectivity index (χ1v) is 5.64. The van der Waals surface area contributed by atoms with Crippen LogP contribution in [-0.4, -0.2) is 48.8 Å². The summed E-state index contributed by atoms with van der Waals surface area (Å²) in [6, 6.07) is 3.33. The van der Waals surface area contributed by atoms with Gasteiger partial charge >= 0.3 is 5.97 Å². The smallest absolute Gasteiger partial charge is 0.329 e. The van der Waals surface area contributed by atoms with Crippen LogP contribution in [0.2, 0.25) is 0 Å². The molecule has 1 aromatic heterocycles. The molecular weight excluding hydrogens is 252 g/mol. The van der Waals surface area contributed by atoms with E-state index in [2.05, 4.69) is 10.3 Å². The average Bonchev–Trinajstić information content (AvgIpc) is 2.37. The molecule has 0 fully saturated rings. The van der Waals surface area contributed by atoms with Gasteiger partial charge in [0.1, 0.15) is 12.2 Å². The van der Waals surface area contributed by atoms with E-state index in [1.165, 1.54) is 7.11 Å². The fourth-order valence-corrected chi connectivity index (χ4v) is 1.35. The number of hydrogen-bond donors (Lipinski definition) is 2. The van der Waals surface area contributed by atoms with Crippen molar-refractivity contribution < 1.29 is 24.2 Å². The summed E-state index contributed by atoms with van der Waals surface area (Å²) in [6.07, 6.45) is 0. The number of pyridine rings is 1. The first-order valence-electron chi connectivity index (χ1n) is 5.64. The van der Waals surface area contributed by atoms with E-state index in [1.807, 2.05) is 0 Å². The molecule has 2 N–H and O–H groups in total. The number of aryl methyl sites for hydroxylation is 1. The average molecular weight is 268 g/mol. The minimum Gasteiger partial charge on any atom is -0.480 e. The second-order valence-electron chi connectivity index (χ2n) is 3.71. The molecule has 0 spiro atoms. The Kier molecular flexibility index (Phi) is 5.74. The molecule has 1 aromatic rings. The number of carboxylic acids is 1. The van der Waals surface area contributed by atoms with Gasteiger partial charge in [-0.25, -0.2) is 9.78 Å². The van der Waals surface area contributed by atoms with Crippen LogP contribution in [0.4, 0.5) is 0 Å². The SMILES string of the molecule is COc1nc(C)ccc1C(=O)NCCOCC(=O)O. The summed E-state index contributed by atoms with van der Waals surface area (Å²) in [4.78, 5) is 26.1. The van der Waals surface area contributed by atoms with Gasteiger partial charge in [-0.3, -0.25) is 4.79 Å². The Morgan fingerprint density at radius 3 is 2.79 bits per heavy atom. The standard InChI is InChI=1S/C12H16N2O5/c1-8-3-4-9(12(14-8)18-2)11(17)13-5-6-19-7-10(15)16/h3-4H,5-7H2,1-2H3,(H,13,17)(H,15,16). The maximum absolute atomic E-state index is 11.8. The zero-order chi connectivity index (χ0) is 14.3. The van der Waals surface area contributed by atoms with Gasteiger partial charge in [0.25, 0.3) is 5.91 Å². The fraction of sp³-hybridized carbons (Fsp3) is 0.417. The normalized spacial score (nSPS) is 10.0. The first-order chi connectivity index (χ1) is 9.04. The molecule has 104 valence electrons. The third-order valence-corrected chi connectivity index (χ3v) is 2.19. The summed E-state index contributed by atoms with van der Waals surface area (Å²) in [6.45, 7) is 1.75. The van der Waals surface area contributed by atoms with Crippen LogP contribution >= 0.6 is 0 Å². The molecule has 1 rings (SSSR count). The molecule has 1 heterocycles. The van der Waals surface area contributed by atoms with E-state index >= 15 is 0 Å². The number of carbonyl (C=O) groups is 2. The van der Waals surface area contributed by atoms with Gasteiger partial charge in [0, 0.05) is 12.2 Å². The van der Waals surface area contributed by atoms with Crippen LogP contribution in [-0.2, 0) is 9.53 Å². The molecule has 0 aromatic carbocycles. The van der Waals surface area contributed by atoms with E-state index < -0.39 is 5.97 Å². The maximum atomic E-state index is 11.8. The molecule has 0 aliphatic rings. The summed E-state index contributed by atoms with van der Waals surface area (Å²) >= 11 is 0. The number of amides is 1. The van der Waals surface area contributed by atoms with Crippen molar-refractivity contribution in [1.29, 1.82) is 0 Å². The quantitative estimate of drug-likeness (QED) is 0.687. The summed E-state index contributed by atoms with van der Waals surface area (Å²) in [7, 11) is 1.44. The van der Waals surface area contributed by atoms with Gasteiger partial charge in [-0.15, -0.1) is 0 Å². The zero-order valence-electron chi connectivity index (χ0n) is 10.8. The van der Waals surface area contributed by atoms with Crippen LogP contribution in [0.3, 0.4) is 0 Å². The molecule has 19 heavy (non-hydrogen) atoms. The van der Waals surface area contributed by atoms with Crippen LogP contribution in [0.5, 0.6) is 5.88 Å². The second kappa shape index (κ2) is 7.32. The van der Waals surface area contributed by atoms with Crippen molar-refractivity contribution in [3.05, 3.63) is 23.4 Å². The van der Waals surface area contributed by atoms with Crippen molar-refractivity contribution in [2.45, 2.75) is 6.92 Å². The number of methoxy groups -OCH3 is 1.